The summed E-state index contributed by atoms with van der Waals surface area (Å²) in [4.78, 5) is 14.4. The Hall–Kier alpha value is -2.91. The molecule has 0 saturated carbocycles. The molecule has 1 heterocycles. The number of benzene rings is 3. The van der Waals surface area contributed by atoms with Crippen LogP contribution in [-0.4, -0.2) is 12.9 Å². The van der Waals surface area contributed by atoms with Crippen molar-refractivity contribution in [3.63, 3.8) is 0 Å². The van der Waals surface area contributed by atoms with Crippen LogP contribution in [0.15, 0.2) is 78.9 Å². The first-order valence-electron chi connectivity index (χ1n) is 8.49. The molecule has 2 nitrogen and oxygen atoms in total. The van der Waals surface area contributed by atoms with Crippen molar-refractivity contribution in [1.82, 2.24) is 0 Å². The minimum absolute atomic E-state index is 0.0658. The van der Waals surface area contributed by atoms with Crippen LogP contribution in [0.25, 0.3) is 10.1 Å². The molecule has 0 N–H and O–H groups in total. The van der Waals surface area contributed by atoms with Crippen LogP contribution in [0.1, 0.15) is 26.4 Å². The molecule has 0 radical (unpaired) electrons. The van der Waals surface area contributed by atoms with Gasteiger partial charge in [0, 0.05) is 32.5 Å². The van der Waals surface area contributed by atoms with Gasteiger partial charge in [0.25, 0.3) is 0 Å². The van der Waals surface area contributed by atoms with Crippen LogP contribution in [0.5, 0.6) is 5.75 Å². The summed E-state index contributed by atoms with van der Waals surface area (Å²) in [5.74, 6) is 0.817. The maximum absolute atomic E-state index is 13.3. The first-order chi connectivity index (χ1) is 12.8. The van der Waals surface area contributed by atoms with Crippen molar-refractivity contribution in [2.24, 2.45) is 0 Å². The number of fused-ring (bicyclic) bond motifs is 1. The van der Waals surface area contributed by atoms with E-state index in [2.05, 4.69) is 18.2 Å². The van der Waals surface area contributed by atoms with Gasteiger partial charge in [0.2, 0.25) is 0 Å². The van der Waals surface area contributed by atoms with Gasteiger partial charge >= 0.3 is 0 Å². The van der Waals surface area contributed by atoms with E-state index in [0.717, 1.165) is 32.7 Å². The van der Waals surface area contributed by atoms with E-state index >= 15 is 0 Å². The number of ketones is 1. The Bertz CT molecular complexity index is 1050. The van der Waals surface area contributed by atoms with Gasteiger partial charge in [0.05, 0.1) is 7.11 Å². The zero-order chi connectivity index (χ0) is 17.9. The third-order valence-corrected chi connectivity index (χ3v) is 5.63. The highest BCUT2D eigenvalue weighted by Gasteiger charge is 2.20. The molecule has 0 saturated heterocycles. The van der Waals surface area contributed by atoms with Crippen molar-refractivity contribution in [3.05, 3.63) is 100 Å². The summed E-state index contributed by atoms with van der Waals surface area (Å²) in [6, 6.07) is 25.8. The summed E-state index contributed by atoms with van der Waals surface area (Å²) in [6.07, 6.45) is 0.761. The lowest BCUT2D eigenvalue weighted by atomic mass is 9.98. The number of carbonyl (C=O) groups is 1. The summed E-state index contributed by atoms with van der Waals surface area (Å²) in [6.45, 7) is 0. The third kappa shape index (κ3) is 3.14. The average molecular weight is 358 g/mol. The topological polar surface area (TPSA) is 26.3 Å². The predicted octanol–water partition coefficient (Wildman–Crippen LogP) is 5.73. The number of carbonyl (C=O) groups excluding carboxylic acids is 1. The number of methoxy groups -OCH3 is 1. The molecule has 0 aliphatic heterocycles. The lowest BCUT2D eigenvalue weighted by Gasteiger charge is -2.06. The molecular formula is C23H18O2S. The lowest BCUT2D eigenvalue weighted by Crippen LogP contribution is -2.04. The van der Waals surface area contributed by atoms with Crippen molar-refractivity contribution in [3.8, 4) is 5.75 Å². The fraction of sp³-hybridized carbons (Fsp3) is 0.0870. The molecule has 0 aliphatic carbocycles. The summed E-state index contributed by atoms with van der Waals surface area (Å²) < 4.78 is 6.35. The van der Waals surface area contributed by atoms with E-state index in [-0.39, 0.29) is 5.78 Å². The molecule has 3 heteroatoms. The van der Waals surface area contributed by atoms with Gasteiger partial charge < -0.3 is 4.74 Å². The lowest BCUT2D eigenvalue weighted by molar-refractivity contribution is 0.104. The fourth-order valence-corrected chi connectivity index (χ4v) is 4.37. The second-order valence-electron chi connectivity index (χ2n) is 6.12. The van der Waals surface area contributed by atoms with Crippen molar-refractivity contribution in [2.45, 2.75) is 6.42 Å². The monoisotopic (exact) mass is 358 g/mol. The van der Waals surface area contributed by atoms with Crippen LogP contribution in [0.3, 0.4) is 0 Å². The zero-order valence-corrected chi connectivity index (χ0v) is 15.3. The summed E-state index contributed by atoms with van der Waals surface area (Å²) in [5.41, 5.74) is 2.71. The standard InChI is InChI=1S/C23H18O2S/c1-25-18-13-11-17(12-14-18)23(24)22-19-9-5-6-10-20(19)26-21(22)15-16-7-3-2-4-8-16/h2-14H,15H2,1H3. The highest BCUT2D eigenvalue weighted by atomic mass is 32.1. The molecule has 0 bridgehead atoms. The minimum Gasteiger partial charge on any atom is -0.497 e. The number of ether oxygens (including phenoxy) is 1. The van der Waals surface area contributed by atoms with Crippen LogP contribution >= 0.6 is 11.3 Å². The number of rotatable bonds is 5. The molecular weight excluding hydrogens is 340 g/mol. The van der Waals surface area contributed by atoms with Crippen molar-refractivity contribution >= 4 is 27.2 Å². The van der Waals surface area contributed by atoms with E-state index in [0.29, 0.717) is 5.56 Å². The van der Waals surface area contributed by atoms with E-state index < -0.39 is 0 Å². The molecule has 0 atom stereocenters. The van der Waals surface area contributed by atoms with Gasteiger partial charge in [-0.2, -0.15) is 0 Å². The summed E-state index contributed by atoms with van der Waals surface area (Å²) in [7, 11) is 1.63. The highest BCUT2D eigenvalue weighted by Crippen LogP contribution is 2.34. The van der Waals surface area contributed by atoms with E-state index in [4.69, 9.17) is 4.74 Å². The van der Waals surface area contributed by atoms with E-state index in [1.54, 1.807) is 18.4 Å². The Labute approximate surface area is 156 Å². The first-order valence-corrected chi connectivity index (χ1v) is 9.31. The van der Waals surface area contributed by atoms with Gasteiger partial charge in [-0.3, -0.25) is 4.79 Å². The zero-order valence-electron chi connectivity index (χ0n) is 14.4. The Morgan fingerprint density at radius 2 is 1.58 bits per heavy atom. The van der Waals surface area contributed by atoms with Crippen molar-refractivity contribution in [2.75, 3.05) is 7.11 Å². The normalized spacial score (nSPS) is 10.8. The van der Waals surface area contributed by atoms with Gasteiger partial charge in [-0.25, -0.2) is 0 Å². The van der Waals surface area contributed by atoms with Crippen LogP contribution in [0.4, 0.5) is 0 Å². The quantitative estimate of drug-likeness (QED) is 0.426. The minimum atomic E-state index is 0.0658. The summed E-state index contributed by atoms with van der Waals surface area (Å²) in [5, 5.41) is 1.03. The Balaban J connectivity index is 1.81. The molecule has 4 rings (SSSR count). The third-order valence-electron chi connectivity index (χ3n) is 4.46. The maximum Gasteiger partial charge on any atom is 0.194 e. The molecule has 26 heavy (non-hydrogen) atoms. The van der Waals surface area contributed by atoms with Gasteiger partial charge in [0.15, 0.2) is 5.78 Å². The molecule has 0 unspecified atom stereocenters. The van der Waals surface area contributed by atoms with Gasteiger partial charge in [-0.15, -0.1) is 11.3 Å². The van der Waals surface area contributed by atoms with Crippen molar-refractivity contribution in [1.29, 1.82) is 0 Å². The second-order valence-corrected chi connectivity index (χ2v) is 7.25. The number of thiophene rings is 1. The van der Waals surface area contributed by atoms with E-state index in [1.165, 1.54) is 5.56 Å². The highest BCUT2D eigenvalue weighted by molar-refractivity contribution is 7.19. The molecule has 1 aromatic heterocycles. The Morgan fingerprint density at radius 1 is 0.885 bits per heavy atom. The largest absolute Gasteiger partial charge is 0.497 e. The van der Waals surface area contributed by atoms with Crippen LogP contribution in [0.2, 0.25) is 0 Å². The second kappa shape index (κ2) is 7.14. The van der Waals surface area contributed by atoms with Crippen LogP contribution < -0.4 is 4.74 Å². The molecule has 0 amide bonds. The van der Waals surface area contributed by atoms with Crippen molar-refractivity contribution < 1.29 is 9.53 Å². The molecule has 3 aromatic carbocycles. The van der Waals surface area contributed by atoms with Crippen LogP contribution in [0, 0.1) is 0 Å². The van der Waals surface area contributed by atoms with E-state index in [9.17, 15) is 4.79 Å². The first kappa shape index (κ1) is 16.6. The molecule has 4 aromatic rings. The van der Waals surface area contributed by atoms with Gasteiger partial charge in [-0.1, -0.05) is 48.5 Å². The molecule has 0 aliphatic rings. The number of hydrogen-bond acceptors (Lipinski definition) is 3. The van der Waals surface area contributed by atoms with Gasteiger partial charge in [-0.05, 0) is 35.9 Å². The van der Waals surface area contributed by atoms with E-state index in [1.807, 2.05) is 60.7 Å². The molecule has 128 valence electrons. The maximum atomic E-state index is 13.3. The fourth-order valence-electron chi connectivity index (χ4n) is 3.14. The SMILES string of the molecule is COc1ccc(C(=O)c2c(Cc3ccccc3)sc3ccccc23)cc1. The summed E-state index contributed by atoms with van der Waals surface area (Å²) >= 11 is 1.70. The molecule has 0 spiro atoms. The average Bonchev–Trinajstić information content (AvgIpc) is 3.06. The van der Waals surface area contributed by atoms with Gasteiger partial charge in [0.1, 0.15) is 5.75 Å². The predicted molar refractivity (Wildman–Crippen MR) is 107 cm³/mol. The molecule has 0 fully saturated rings. The Morgan fingerprint density at radius 3 is 2.31 bits per heavy atom. The Kier molecular flexibility index (Phi) is 4.55. The smallest absolute Gasteiger partial charge is 0.194 e. The number of hydrogen-bond donors (Lipinski definition) is 0. The van der Waals surface area contributed by atoms with Crippen LogP contribution in [-0.2, 0) is 6.42 Å².